The van der Waals surface area contributed by atoms with Gasteiger partial charge in [-0.3, -0.25) is 14.9 Å². The van der Waals surface area contributed by atoms with E-state index in [2.05, 4.69) is 17.4 Å². The molecule has 6 heteroatoms. The van der Waals surface area contributed by atoms with Crippen molar-refractivity contribution in [3.8, 4) is 0 Å². The summed E-state index contributed by atoms with van der Waals surface area (Å²) >= 11 is 0. The summed E-state index contributed by atoms with van der Waals surface area (Å²) < 4.78 is 0. The summed E-state index contributed by atoms with van der Waals surface area (Å²) in [5.41, 5.74) is 3.28. The molecule has 1 unspecified atom stereocenters. The molecule has 0 fully saturated rings. The Labute approximate surface area is 153 Å². The Morgan fingerprint density at radius 3 is 2.69 bits per heavy atom. The Kier molecular flexibility index (Phi) is 4.93. The van der Waals surface area contributed by atoms with Gasteiger partial charge in [0.15, 0.2) is 0 Å². The zero-order valence-corrected chi connectivity index (χ0v) is 15.2. The highest BCUT2D eigenvalue weighted by Gasteiger charge is 2.29. The van der Waals surface area contributed by atoms with E-state index in [9.17, 15) is 14.9 Å². The third-order valence-corrected chi connectivity index (χ3v) is 4.80. The minimum absolute atomic E-state index is 0.0288. The Bertz CT molecular complexity index is 848. The van der Waals surface area contributed by atoms with E-state index in [1.165, 1.54) is 17.2 Å². The van der Waals surface area contributed by atoms with Crippen molar-refractivity contribution in [3.63, 3.8) is 0 Å². The van der Waals surface area contributed by atoms with Gasteiger partial charge in [-0.2, -0.15) is 0 Å². The summed E-state index contributed by atoms with van der Waals surface area (Å²) in [7, 11) is 1.88. The molecular formula is C20H23N3O3. The van der Waals surface area contributed by atoms with Crippen LogP contribution in [-0.4, -0.2) is 23.9 Å². The number of amides is 1. The number of fused-ring (bicyclic) bond motifs is 1. The van der Waals surface area contributed by atoms with Crippen LogP contribution in [0.2, 0.25) is 0 Å². The summed E-state index contributed by atoms with van der Waals surface area (Å²) in [5.74, 6) is -0.302. The van der Waals surface area contributed by atoms with E-state index in [4.69, 9.17) is 0 Å². The monoisotopic (exact) mass is 353 g/mol. The maximum atomic E-state index is 12.2. The second-order valence-electron chi connectivity index (χ2n) is 6.95. The fourth-order valence-corrected chi connectivity index (χ4v) is 3.56. The molecule has 0 saturated heterocycles. The predicted octanol–water partition coefficient (Wildman–Crippen LogP) is 3.86. The van der Waals surface area contributed by atoms with Crippen LogP contribution in [0.4, 0.5) is 11.4 Å². The SMILES string of the molecule is CC(C)NC(=O)c1ccc(N(C)C2CCc3ccccc32)c([N+](=O)[O-])c1. The van der Waals surface area contributed by atoms with E-state index in [0.717, 1.165) is 12.8 Å². The molecular weight excluding hydrogens is 330 g/mol. The van der Waals surface area contributed by atoms with Gasteiger partial charge < -0.3 is 10.2 Å². The number of hydrogen-bond acceptors (Lipinski definition) is 4. The lowest BCUT2D eigenvalue weighted by Gasteiger charge is -2.27. The molecule has 6 nitrogen and oxygen atoms in total. The minimum atomic E-state index is -0.418. The lowest BCUT2D eigenvalue weighted by molar-refractivity contribution is -0.384. The van der Waals surface area contributed by atoms with Crippen LogP contribution in [-0.2, 0) is 6.42 Å². The van der Waals surface area contributed by atoms with Gasteiger partial charge in [0.1, 0.15) is 5.69 Å². The van der Waals surface area contributed by atoms with Crippen molar-refractivity contribution in [2.24, 2.45) is 0 Å². The summed E-state index contributed by atoms with van der Waals surface area (Å²) in [6.45, 7) is 3.71. The number of rotatable bonds is 5. The maximum Gasteiger partial charge on any atom is 0.293 e. The average molecular weight is 353 g/mol. The molecule has 0 saturated carbocycles. The lowest BCUT2D eigenvalue weighted by Crippen LogP contribution is -2.30. The highest BCUT2D eigenvalue weighted by atomic mass is 16.6. The molecule has 26 heavy (non-hydrogen) atoms. The molecule has 1 N–H and O–H groups in total. The van der Waals surface area contributed by atoms with Gasteiger partial charge in [-0.1, -0.05) is 24.3 Å². The second-order valence-corrected chi connectivity index (χ2v) is 6.95. The van der Waals surface area contributed by atoms with Crippen molar-refractivity contribution >= 4 is 17.3 Å². The van der Waals surface area contributed by atoms with Gasteiger partial charge >= 0.3 is 0 Å². The zero-order chi connectivity index (χ0) is 18.8. The van der Waals surface area contributed by atoms with Crippen molar-refractivity contribution in [1.29, 1.82) is 0 Å². The Hall–Kier alpha value is -2.89. The van der Waals surface area contributed by atoms with E-state index in [-0.39, 0.29) is 23.7 Å². The maximum absolute atomic E-state index is 12.2. The standard InChI is InChI=1S/C20H23N3O3/c1-13(2)21-20(24)15-9-11-18(19(12-15)23(25)26)22(3)17-10-8-14-6-4-5-7-16(14)17/h4-7,9,11-13,17H,8,10H2,1-3H3,(H,21,24). The first-order chi connectivity index (χ1) is 12.4. The molecule has 0 radical (unpaired) electrons. The van der Waals surface area contributed by atoms with Crippen molar-refractivity contribution in [1.82, 2.24) is 5.32 Å². The number of carbonyl (C=O) groups is 1. The number of nitrogens with zero attached hydrogens (tertiary/aromatic N) is 2. The molecule has 0 spiro atoms. The molecule has 2 aromatic rings. The fraction of sp³-hybridized carbons (Fsp3) is 0.350. The Balaban J connectivity index is 1.95. The van der Waals surface area contributed by atoms with Gasteiger partial charge in [0.05, 0.1) is 11.0 Å². The van der Waals surface area contributed by atoms with E-state index in [1.807, 2.05) is 37.9 Å². The second kappa shape index (κ2) is 7.15. The van der Waals surface area contributed by atoms with E-state index in [1.54, 1.807) is 12.1 Å². The number of benzene rings is 2. The molecule has 0 heterocycles. The number of nitro benzene ring substituents is 1. The molecule has 1 aliphatic rings. The number of carbonyl (C=O) groups excluding carboxylic acids is 1. The molecule has 1 atom stereocenters. The topological polar surface area (TPSA) is 75.5 Å². The number of anilines is 1. The predicted molar refractivity (Wildman–Crippen MR) is 102 cm³/mol. The van der Waals surface area contributed by atoms with Crippen LogP contribution in [0.5, 0.6) is 0 Å². The first kappa shape index (κ1) is 17.9. The number of hydrogen-bond donors (Lipinski definition) is 1. The van der Waals surface area contributed by atoms with Crippen LogP contribution in [0.1, 0.15) is 47.8 Å². The first-order valence-corrected chi connectivity index (χ1v) is 8.78. The van der Waals surface area contributed by atoms with Crippen molar-refractivity contribution in [3.05, 3.63) is 69.3 Å². The number of nitro groups is 1. The molecule has 0 aliphatic heterocycles. The van der Waals surface area contributed by atoms with Gasteiger partial charge in [-0.05, 0) is 49.9 Å². The molecule has 136 valence electrons. The average Bonchev–Trinajstić information content (AvgIpc) is 3.04. The summed E-state index contributed by atoms with van der Waals surface area (Å²) in [6, 6.07) is 13.0. The van der Waals surface area contributed by atoms with Gasteiger partial charge in [0, 0.05) is 24.7 Å². The smallest absolute Gasteiger partial charge is 0.293 e. The van der Waals surface area contributed by atoms with Crippen LogP contribution in [0.15, 0.2) is 42.5 Å². The van der Waals surface area contributed by atoms with Gasteiger partial charge in [-0.15, -0.1) is 0 Å². The van der Waals surface area contributed by atoms with Crippen LogP contribution in [0.25, 0.3) is 0 Å². The van der Waals surface area contributed by atoms with Gasteiger partial charge in [0.2, 0.25) is 0 Å². The molecule has 0 bridgehead atoms. The third-order valence-electron chi connectivity index (χ3n) is 4.80. The van der Waals surface area contributed by atoms with Crippen LogP contribution >= 0.6 is 0 Å². The van der Waals surface area contributed by atoms with Crippen molar-refractivity contribution in [2.75, 3.05) is 11.9 Å². The van der Waals surface area contributed by atoms with E-state index in [0.29, 0.717) is 11.3 Å². The van der Waals surface area contributed by atoms with E-state index < -0.39 is 4.92 Å². The molecule has 0 aromatic heterocycles. The fourth-order valence-electron chi connectivity index (χ4n) is 3.56. The van der Waals surface area contributed by atoms with Gasteiger partial charge in [-0.25, -0.2) is 0 Å². The molecule has 1 aliphatic carbocycles. The summed E-state index contributed by atoms with van der Waals surface area (Å²) in [6.07, 6.45) is 1.89. The Morgan fingerprint density at radius 2 is 2.00 bits per heavy atom. The first-order valence-electron chi connectivity index (χ1n) is 8.78. The molecule has 3 rings (SSSR count). The molecule has 2 aromatic carbocycles. The van der Waals surface area contributed by atoms with Crippen LogP contribution < -0.4 is 10.2 Å². The highest BCUT2D eigenvalue weighted by Crippen LogP contribution is 2.40. The quantitative estimate of drug-likeness (QED) is 0.654. The third kappa shape index (κ3) is 3.40. The van der Waals surface area contributed by atoms with Crippen molar-refractivity contribution < 1.29 is 9.72 Å². The van der Waals surface area contributed by atoms with Crippen molar-refractivity contribution in [2.45, 2.75) is 38.8 Å². The normalized spacial score (nSPS) is 15.6. The number of aryl methyl sites for hydroxylation is 1. The van der Waals surface area contributed by atoms with Gasteiger partial charge in [0.25, 0.3) is 11.6 Å². The Morgan fingerprint density at radius 1 is 1.27 bits per heavy atom. The lowest BCUT2D eigenvalue weighted by atomic mass is 10.1. The zero-order valence-electron chi connectivity index (χ0n) is 15.2. The minimum Gasteiger partial charge on any atom is -0.362 e. The van der Waals surface area contributed by atoms with Crippen LogP contribution in [0, 0.1) is 10.1 Å². The summed E-state index contributed by atoms with van der Waals surface area (Å²) in [4.78, 5) is 25.3. The largest absolute Gasteiger partial charge is 0.362 e. The molecule has 1 amide bonds. The van der Waals surface area contributed by atoms with Crippen LogP contribution in [0.3, 0.4) is 0 Å². The highest BCUT2D eigenvalue weighted by molar-refractivity contribution is 5.96. The van der Waals surface area contributed by atoms with E-state index >= 15 is 0 Å². The number of nitrogens with one attached hydrogen (secondary N) is 1. The summed E-state index contributed by atoms with van der Waals surface area (Å²) in [5, 5.41) is 14.4.